The molecule has 0 aliphatic carbocycles. The van der Waals surface area contributed by atoms with Crippen LogP contribution in [0.3, 0.4) is 0 Å². The van der Waals surface area contributed by atoms with Crippen molar-refractivity contribution in [1.82, 2.24) is 20.4 Å². The first-order valence-electron chi connectivity index (χ1n) is 7.34. The summed E-state index contributed by atoms with van der Waals surface area (Å²) in [6, 6.07) is 5.44. The van der Waals surface area contributed by atoms with Crippen molar-refractivity contribution in [2.75, 3.05) is 13.1 Å². The molecular formula is C16H22N4O2. The van der Waals surface area contributed by atoms with Crippen LogP contribution in [0.15, 0.2) is 24.4 Å². The Hall–Kier alpha value is -2.37. The van der Waals surface area contributed by atoms with E-state index in [0.29, 0.717) is 17.6 Å². The molecule has 2 aromatic rings. The minimum atomic E-state index is -0.317. The average molecular weight is 302 g/mol. The molecule has 0 atom stereocenters. The Morgan fingerprint density at radius 2 is 2.05 bits per heavy atom. The molecule has 6 heteroatoms. The van der Waals surface area contributed by atoms with Crippen molar-refractivity contribution in [1.29, 1.82) is 0 Å². The number of benzene rings is 1. The molecule has 1 aromatic heterocycles. The Morgan fingerprint density at radius 1 is 1.32 bits per heavy atom. The Bertz CT molecular complexity index is 685. The fourth-order valence-corrected chi connectivity index (χ4v) is 2.28. The van der Waals surface area contributed by atoms with Crippen LogP contribution in [0.5, 0.6) is 0 Å². The molecule has 0 spiro atoms. The number of nitrogens with zero attached hydrogens (tertiary/aromatic N) is 2. The molecule has 2 N–H and O–H groups in total. The molecule has 0 radical (unpaired) electrons. The van der Waals surface area contributed by atoms with E-state index in [2.05, 4.69) is 15.5 Å². The lowest BCUT2D eigenvalue weighted by Crippen LogP contribution is -2.47. The second-order valence-electron chi connectivity index (χ2n) is 6.26. The zero-order valence-electron chi connectivity index (χ0n) is 13.4. The summed E-state index contributed by atoms with van der Waals surface area (Å²) >= 11 is 0. The van der Waals surface area contributed by atoms with E-state index in [1.54, 1.807) is 12.3 Å². The average Bonchev–Trinajstić information content (AvgIpc) is 2.90. The summed E-state index contributed by atoms with van der Waals surface area (Å²) in [5.74, 6) is -0.346. The van der Waals surface area contributed by atoms with Gasteiger partial charge in [0, 0.05) is 17.5 Å². The third kappa shape index (κ3) is 3.63. The molecule has 0 unspecified atom stereocenters. The number of para-hydroxylation sites is 1. The largest absolute Gasteiger partial charge is 0.350 e. The number of hydrogen-bond acceptors (Lipinski definition) is 3. The zero-order valence-corrected chi connectivity index (χ0v) is 13.4. The van der Waals surface area contributed by atoms with Crippen LogP contribution in [0.25, 0.3) is 10.9 Å². The normalized spacial score (nSPS) is 11.5. The van der Waals surface area contributed by atoms with E-state index in [1.807, 2.05) is 39.8 Å². The minimum absolute atomic E-state index is 0.0388. The van der Waals surface area contributed by atoms with Gasteiger partial charge in [0.1, 0.15) is 0 Å². The minimum Gasteiger partial charge on any atom is -0.350 e. The maximum Gasteiger partial charge on any atom is 0.256 e. The highest BCUT2D eigenvalue weighted by molar-refractivity contribution is 6.06. The molecule has 0 saturated carbocycles. The van der Waals surface area contributed by atoms with Crippen LogP contribution in [-0.2, 0) is 4.79 Å². The van der Waals surface area contributed by atoms with Gasteiger partial charge in [-0.05, 0) is 33.8 Å². The van der Waals surface area contributed by atoms with Crippen molar-refractivity contribution >= 4 is 22.7 Å². The van der Waals surface area contributed by atoms with Crippen LogP contribution in [0, 0.1) is 0 Å². The van der Waals surface area contributed by atoms with Crippen molar-refractivity contribution in [3.05, 3.63) is 30.0 Å². The first kappa shape index (κ1) is 16.0. The molecule has 1 aromatic carbocycles. The van der Waals surface area contributed by atoms with E-state index >= 15 is 0 Å². The summed E-state index contributed by atoms with van der Waals surface area (Å²) in [6.45, 7) is 8.09. The molecule has 22 heavy (non-hydrogen) atoms. The number of carbonyl (C=O) groups excluding carboxylic acids is 2. The molecule has 0 bridgehead atoms. The maximum absolute atomic E-state index is 12.7. The summed E-state index contributed by atoms with van der Waals surface area (Å²) in [7, 11) is 0. The van der Waals surface area contributed by atoms with Crippen molar-refractivity contribution in [3.8, 4) is 0 Å². The van der Waals surface area contributed by atoms with Gasteiger partial charge in [-0.3, -0.25) is 14.7 Å². The van der Waals surface area contributed by atoms with E-state index in [-0.39, 0.29) is 23.9 Å². The predicted octanol–water partition coefficient (Wildman–Crippen LogP) is 1.94. The van der Waals surface area contributed by atoms with E-state index in [9.17, 15) is 9.59 Å². The summed E-state index contributed by atoms with van der Waals surface area (Å²) in [4.78, 5) is 26.3. The second-order valence-corrected chi connectivity index (χ2v) is 6.26. The summed E-state index contributed by atoms with van der Waals surface area (Å²) in [5.41, 5.74) is 0.908. The number of nitrogens with one attached hydrogen (secondary N) is 2. The molecule has 0 aliphatic heterocycles. The Labute approximate surface area is 129 Å². The molecule has 1 heterocycles. The highest BCUT2D eigenvalue weighted by Gasteiger charge is 2.22. The van der Waals surface area contributed by atoms with E-state index in [4.69, 9.17) is 0 Å². The van der Waals surface area contributed by atoms with Crippen molar-refractivity contribution in [2.24, 2.45) is 0 Å². The molecule has 2 rings (SSSR count). The molecule has 2 amide bonds. The van der Waals surface area contributed by atoms with Gasteiger partial charge in [0.15, 0.2) is 0 Å². The molecule has 0 saturated heterocycles. The van der Waals surface area contributed by atoms with Gasteiger partial charge >= 0.3 is 0 Å². The van der Waals surface area contributed by atoms with Gasteiger partial charge in [-0.25, -0.2) is 0 Å². The van der Waals surface area contributed by atoms with Crippen molar-refractivity contribution in [3.63, 3.8) is 0 Å². The lowest BCUT2D eigenvalue weighted by atomic mass is 10.1. The number of hydrogen-bond donors (Lipinski definition) is 2. The van der Waals surface area contributed by atoms with Crippen molar-refractivity contribution < 1.29 is 9.59 Å². The maximum atomic E-state index is 12.7. The molecule has 118 valence electrons. The van der Waals surface area contributed by atoms with Gasteiger partial charge in [0.25, 0.3) is 5.91 Å². The van der Waals surface area contributed by atoms with Crippen molar-refractivity contribution in [2.45, 2.75) is 33.2 Å². The Balaban J connectivity index is 2.19. The second kappa shape index (κ2) is 6.17. The number of fused-ring (bicyclic) bond motifs is 1. The van der Waals surface area contributed by atoms with E-state index < -0.39 is 0 Å². The van der Waals surface area contributed by atoms with Gasteiger partial charge in [-0.15, -0.1) is 0 Å². The van der Waals surface area contributed by atoms with Crippen LogP contribution in [0.4, 0.5) is 0 Å². The number of rotatable bonds is 4. The summed E-state index contributed by atoms with van der Waals surface area (Å²) in [5, 5.41) is 10.6. The predicted molar refractivity (Wildman–Crippen MR) is 85.6 cm³/mol. The molecule has 0 fully saturated rings. The quantitative estimate of drug-likeness (QED) is 0.906. The summed E-state index contributed by atoms with van der Waals surface area (Å²) < 4.78 is 0. The lowest BCUT2D eigenvalue weighted by Gasteiger charge is -2.25. The van der Waals surface area contributed by atoms with E-state index in [1.165, 1.54) is 4.90 Å². The fraction of sp³-hybridized carbons (Fsp3) is 0.438. The first-order valence-corrected chi connectivity index (χ1v) is 7.34. The standard InChI is InChI=1S/C16H22N4O2/c1-5-20(10-13(21)18-16(2,3)4)15(22)12-8-6-7-11-9-17-19-14(11)12/h6-9H,5,10H2,1-4H3,(H,17,19)(H,18,21). The first-order chi connectivity index (χ1) is 10.3. The number of H-pyrrole nitrogens is 1. The number of carbonyl (C=O) groups is 2. The third-order valence-corrected chi connectivity index (χ3v) is 3.22. The third-order valence-electron chi connectivity index (χ3n) is 3.22. The lowest BCUT2D eigenvalue weighted by molar-refractivity contribution is -0.123. The van der Waals surface area contributed by atoms with Crippen LogP contribution < -0.4 is 5.32 Å². The van der Waals surface area contributed by atoms with Gasteiger partial charge in [0.2, 0.25) is 5.91 Å². The zero-order chi connectivity index (χ0) is 16.3. The van der Waals surface area contributed by atoms with Crippen LogP contribution in [-0.4, -0.2) is 45.5 Å². The van der Waals surface area contributed by atoms with E-state index in [0.717, 1.165) is 5.39 Å². The molecule has 6 nitrogen and oxygen atoms in total. The number of aromatic amines is 1. The van der Waals surface area contributed by atoms with Crippen LogP contribution >= 0.6 is 0 Å². The highest BCUT2D eigenvalue weighted by Crippen LogP contribution is 2.17. The number of aromatic nitrogens is 2. The van der Waals surface area contributed by atoms with Gasteiger partial charge in [0.05, 0.1) is 23.8 Å². The summed E-state index contributed by atoms with van der Waals surface area (Å²) in [6.07, 6.45) is 1.68. The fourth-order valence-electron chi connectivity index (χ4n) is 2.28. The topological polar surface area (TPSA) is 78.1 Å². The van der Waals surface area contributed by atoms with Crippen LogP contribution in [0.2, 0.25) is 0 Å². The smallest absolute Gasteiger partial charge is 0.256 e. The number of amides is 2. The van der Waals surface area contributed by atoms with Gasteiger partial charge < -0.3 is 10.2 Å². The van der Waals surface area contributed by atoms with Gasteiger partial charge in [-0.1, -0.05) is 12.1 Å². The molecular weight excluding hydrogens is 280 g/mol. The number of likely N-dealkylation sites (N-methyl/N-ethyl adjacent to an activating group) is 1. The van der Waals surface area contributed by atoms with Crippen LogP contribution in [0.1, 0.15) is 38.1 Å². The Morgan fingerprint density at radius 3 is 2.68 bits per heavy atom. The van der Waals surface area contributed by atoms with Gasteiger partial charge in [-0.2, -0.15) is 5.10 Å². The molecule has 0 aliphatic rings. The monoisotopic (exact) mass is 302 g/mol. The highest BCUT2D eigenvalue weighted by atomic mass is 16.2. The Kier molecular flexibility index (Phi) is 4.49. The SMILES string of the molecule is CCN(CC(=O)NC(C)(C)C)C(=O)c1cccc2cn[nH]c12.